The highest BCUT2D eigenvalue weighted by Gasteiger charge is 2.31. The van der Waals surface area contributed by atoms with Crippen LogP contribution in [0.4, 0.5) is 0 Å². The van der Waals surface area contributed by atoms with E-state index in [1.54, 1.807) is 42.5 Å². The number of fused-ring (bicyclic) bond motifs is 2. The molecule has 0 spiro atoms. The van der Waals surface area contributed by atoms with Crippen LogP contribution in [-0.2, 0) is 0 Å². The molecular weight excluding hydrogens is 282 g/mol. The van der Waals surface area contributed by atoms with Crippen molar-refractivity contribution in [2.75, 3.05) is 13.2 Å². The predicted molar refractivity (Wildman–Crippen MR) is 80.5 cm³/mol. The van der Waals surface area contributed by atoms with Crippen LogP contribution in [0.15, 0.2) is 47.6 Å². The van der Waals surface area contributed by atoms with Crippen LogP contribution in [0.3, 0.4) is 0 Å². The van der Waals surface area contributed by atoms with Crippen molar-refractivity contribution in [3.05, 3.63) is 69.6 Å². The van der Waals surface area contributed by atoms with Crippen LogP contribution in [0.1, 0.15) is 38.3 Å². The molecule has 0 saturated carbocycles. The summed E-state index contributed by atoms with van der Waals surface area (Å²) in [6.07, 6.45) is 0.464. The van der Waals surface area contributed by atoms with Gasteiger partial charge >= 0.3 is 0 Å². The van der Waals surface area contributed by atoms with E-state index in [4.69, 9.17) is 4.74 Å². The Morgan fingerprint density at radius 1 is 0.864 bits per heavy atom. The quantitative estimate of drug-likeness (QED) is 0.536. The van der Waals surface area contributed by atoms with Gasteiger partial charge in [0.2, 0.25) is 0 Å². The minimum Gasteiger partial charge on any atom is -0.493 e. The molecular formula is C17H13NO4. The van der Waals surface area contributed by atoms with Gasteiger partial charge in [-0.05, 0) is 6.07 Å². The standard InChI is InChI=1S/C17H13NO4/c19-16-11-5-1-2-6-12(11)17(20)15-13(16)7-3-8-14(15)22-10-4-9-18-21/h1-3,5-8H,4,9-10H2. The fraction of sp³-hybridized carbons (Fsp3) is 0.176. The lowest BCUT2D eigenvalue weighted by atomic mass is 9.83. The molecule has 0 amide bonds. The third-order valence-corrected chi connectivity index (χ3v) is 3.57. The molecule has 0 radical (unpaired) electrons. The molecule has 0 atom stereocenters. The van der Waals surface area contributed by atoms with E-state index < -0.39 is 0 Å². The third kappa shape index (κ3) is 2.30. The Labute approximate surface area is 126 Å². The molecule has 5 nitrogen and oxygen atoms in total. The van der Waals surface area contributed by atoms with Crippen LogP contribution < -0.4 is 4.74 Å². The Hall–Kier alpha value is -2.82. The van der Waals surface area contributed by atoms with E-state index >= 15 is 0 Å². The monoisotopic (exact) mass is 295 g/mol. The van der Waals surface area contributed by atoms with Gasteiger partial charge in [-0.15, -0.1) is 0 Å². The number of hydrogen-bond donors (Lipinski definition) is 0. The first-order valence-electron chi connectivity index (χ1n) is 6.97. The Morgan fingerprint density at radius 3 is 2.27 bits per heavy atom. The number of carbonyl (C=O) groups is 2. The summed E-state index contributed by atoms with van der Waals surface area (Å²) in [5, 5.41) is 2.76. The van der Waals surface area contributed by atoms with Gasteiger partial charge in [0.05, 0.1) is 18.7 Å². The van der Waals surface area contributed by atoms with Crippen LogP contribution in [0.5, 0.6) is 5.75 Å². The van der Waals surface area contributed by atoms with E-state index in [1.807, 2.05) is 0 Å². The number of ketones is 2. The summed E-state index contributed by atoms with van der Waals surface area (Å²) in [5.74, 6) is -0.0178. The zero-order chi connectivity index (χ0) is 15.5. The topological polar surface area (TPSA) is 72.8 Å². The van der Waals surface area contributed by atoms with E-state index in [9.17, 15) is 14.5 Å². The molecule has 2 aromatic carbocycles. The normalized spacial score (nSPS) is 12.5. The molecule has 0 aliphatic heterocycles. The van der Waals surface area contributed by atoms with Crippen LogP contribution in [0, 0.1) is 4.91 Å². The molecule has 2 aromatic rings. The van der Waals surface area contributed by atoms with Crippen LogP contribution in [0.2, 0.25) is 0 Å². The average molecular weight is 295 g/mol. The average Bonchev–Trinajstić information content (AvgIpc) is 2.56. The molecule has 0 unspecified atom stereocenters. The van der Waals surface area contributed by atoms with Crippen molar-refractivity contribution in [2.24, 2.45) is 5.18 Å². The number of carbonyl (C=O) groups excluding carboxylic acids is 2. The van der Waals surface area contributed by atoms with Gasteiger partial charge in [-0.25, -0.2) is 0 Å². The van der Waals surface area contributed by atoms with E-state index in [0.717, 1.165) is 0 Å². The molecule has 0 fully saturated rings. The van der Waals surface area contributed by atoms with E-state index in [2.05, 4.69) is 5.18 Å². The summed E-state index contributed by atoms with van der Waals surface area (Å²) in [4.78, 5) is 35.3. The Bertz CT molecular complexity index is 767. The van der Waals surface area contributed by atoms with Gasteiger partial charge in [-0.3, -0.25) is 9.59 Å². The first kappa shape index (κ1) is 14.1. The van der Waals surface area contributed by atoms with Crippen molar-refractivity contribution in [3.8, 4) is 5.75 Å². The predicted octanol–water partition coefficient (Wildman–Crippen LogP) is 3.00. The first-order chi connectivity index (χ1) is 10.7. The summed E-state index contributed by atoms with van der Waals surface area (Å²) >= 11 is 0. The first-order valence-corrected chi connectivity index (χ1v) is 6.97. The summed E-state index contributed by atoms with van der Waals surface area (Å²) in [7, 11) is 0. The van der Waals surface area contributed by atoms with Crippen molar-refractivity contribution < 1.29 is 14.3 Å². The molecule has 0 heterocycles. The number of benzene rings is 2. The molecule has 0 N–H and O–H groups in total. The Kier molecular flexibility index (Phi) is 3.78. The van der Waals surface area contributed by atoms with E-state index in [0.29, 0.717) is 34.4 Å². The molecule has 1 aliphatic carbocycles. The molecule has 1 aliphatic rings. The van der Waals surface area contributed by atoms with Crippen molar-refractivity contribution in [1.29, 1.82) is 0 Å². The second-order valence-electron chi connectivity index (χ2n) is 4.94. The van der Waals surface area contributed by atoms with Crippen LogP contribution >= 0.6 is 0 Å². The van der Waals surface area contributed by atoms with Crippen molar-refractivity contribution in [1.82, 2.24) is 0 Å². The van der Waals surface area contributed by atoms with Crippen LogP contribution in [-0.4, -0.2) is 24.7 Å². The maximum Gasteiger partial charge on any atom is 0.198 e. The van der Waals surface area contributed by atoms with Crippen molar-refractivity contribution in [3.63, 3.8) is 0 Å². The van der Waals surface area contributed by atoms with Crippen molar-refractivity contribution >= 4 is 11.6 Å². The Morgan fingerprint density at radius 2 is 1.55 bits per heavy atom. The van der Waals surface area contributed by atoms with Gasteiger partial charge in [0.25, 0.3) is 0 Å². The van der Waals surface area contributed by atoms with Gasteiger partial charge in [0, 0.05) is 23.1 Å². The zero-order valence-electron chi connectivity index (χ0n) is 11.7. The molecule has 0 saturated heterocycles. The van der Waals surface area contributed by atoms with Crippen molar-refractivity contribution in [2.45, 2.75) is 6.42 Å². The van der Waals surface area contributed by atoms with Gasteiger partial charge in [-0.1, -0.05) is 41.6 Å². The smallest absolute Gasteiger partial charge is 0.198 e. The van der Waals surface area contributed by atoms with Gasteiger partial charge in [0.1, 0.15) is 5.75 Å². The largest absolute Gasteiger partial charge is 0.493 e. The second kappa shape index (κ2) is 5.89. The summed E-state index contributed by atoms with van der Waals surface area (Å²) < 4.78 is 5.57. The zero-order valence-corrected chi connectivity index (χ0v) is 11.7. The van der Waals surface area contributed by atoms with E-state index in [1.165, 1.54) is 0 Å². The molecule has 110 valence electrons. The lowest BCUT2D eigenvalue weighted by Crippen LogP contribution is -2.21. The van der Waals surface area contributed by atoms with Crippen LogP contribution in [0.25, 0.3) is 0 Å². The van der Waals surface area contributed by atoms with Gasteiger partial charge in [-0.2, -0.15) is 4.91 Å². The maximum atomic E-state index is 12.7. The highest BCUT2D eigenvalue weighted by atomic mass is 16.5. The molecule has 22 heavy (non-hydrogen) atoms. The third-order valence-electron chi connectivity index (χ3n) is 3.57. The summed E-state index contributed by atoms with van der Waals surface area (Å²) in [6, 6.07) is 11.7. The molecule has 5 heteroatoms. The maximum absolute atomic E-state index is 12.7. The highest BCUT2D eigenvalue weighted by Crippen LogP contribution is 2.33. The minimum absolute atomic E-state index is 0.157. The summed E-state index contributed by atoms with van der Waals surface area (Å²) in [5.41, 5.74) is 1.47. The second-order valence-corrected chi connectivity index (χ2v) is 4.94. The molecule has 0 aromatic heterocycles. The SMILES string of the molecule is O=NCCCOc1cccc2c1C(=O)c1ccccc1C2=O. The lowest BCUT2D eigenvalue weighted by Gasteiger charge is -2.20. The number of rotatable bonds is 5. The lowest BCUT2D eigenvalue weighted by molar-refractivity contribution is 0.0975. The fourth-order valence-corrected chi connectivity index (χ4v) is 2.54. The number of nitrogens with zero attached hydrogens (tertiary/aromatic N) is 1. The molecule has 3 rings (SSSR count). The summed E-state index contributed by atoms with van der Waals surface area (Å²) in [6.45, 7) is 0.427. The number of ether oxygens (including phenoxy) is 1. The van der Waals surface area contributed by atoms with Gasteiger partial charge < -0.3 is 4.74 Å². The van der Waals surface area contributed by atoms with E-state index in [-0.39, 0.29) is 24.7 Å². The molecule has 0 bridgehead atoms. The number of hydrogen-bond acceptors (Lipinski definition) is 5. The number of nitroso groups, excluding NO2 is 1. The van der Waals surface area contributed by atoms with Gasteiger partial charge in [0.15, 0.2) is 11.6 Å². The highest BCUT2D eigenvalue weighted by molar-refractivity contribution is 6.29. The minimum atomic E-state index is -0.214. The Balaban J connectivity index is 1.99. The fourth-order valence-electron chi connectivity index (χ4n) is 2.54.